The molecule has 0 fully saturated rings. The van der Waals surface area contributed by atoms with Crippen molar-refractivity contribution in [2.45, 2.75) is 20.0 Å². The number of halogens is 1. The van der Waals surface area contributed by atoms with Gasteiger partial charge in [-0.05, 0) is 41.1 Å². The molecule has 1 aromatic heterocycles. The summed E-state index contributed by atoms with van der Waals surface area (Å²) in [7, 11) is 0. The van der Waals surface area contributed by atoms with Gasteiger partial charge in [0.05, 0.1) is 9.26 Å². The summed E-state index contributed by atoms with van der Waals surface area (Å²) < 4.78 is 6.20. The van der Waals surface area contributed by atoms with Gasteiger partial charge in [0.25, 0.3) is 5.56 Å². The molecule has 0 atom stereocenters. The van der Waals surface area contributed by atoms with Crippen LogP contribution in [-0.2, 0) is 13.0 Å². The second-order valence-electron chi connectivity index (χ2n) is 3.73. The minimum atomic E-state index is -0.103. The van der Waals surface area contributed by atoms with Crippen LogP contribution in [0.4, 0.5) is 0 Å². The maximum atomic E-state index is 11.7. The summed E-state index contributed by atoms with van der Waals surface area (Å²) in [6, 6.07) is 9.46. The number of aromatic amines is 1. The van der Waals surface area contributed by atoms with Crippen molar-refractivity contribution in [1.82, 2.24) is 9.97 Å². The molecule has 0 aliphatic carbocycles. The zero-order valence-corrected chi connectivity index (χ0v) is 12.1. The van der Waals surface area contributed by atoms with Crippen LogP contribution >= 0.6 is 22.6 Å². The average Bonchev–Trinajstić information content (AvgIpc) is 2.41. The Morgan fingerprint density at radius 1 is 1.33 bits per heavy atom. The molecule has 18 heavy (non-hydrogen) atoms. The Kier molecular flexibility index (Phi) is 4.35. The van der Waals surface area contributed by atoms with Crippen molar-refractivity contribution in [1.29, 1.82) is 0 Å². The zero-order valence-electron chi connectivity index (χ0n) is 9.94. The number of nitrogens with zero attached hydrogens (tertiary/aromatic N) is 1. The molecule has 1 aromatic carbocycles. The zero-order chi connectivity index (χ0) is 13.0. The topological polar surface area (TPSA) is 55.0 Å². The molecule has 0 aliphatic heterocycles. The van der Waals surface area contributed by atoms with Crippen LogP contribution in [0.5, 0.6) is 5.75 Å². The van der Waals surface area contributed by atoms with Crippen LogP contribution < -0.4 is 10.3 Å². The smallest absolute Gasteiger partial charge is 0.264 e. The lowest BCUT2D eigenvalue weighted by molar-refractivity contribution is 0.295. The second kappa shape index (κ2) is 5.99. The minimum absolute atomic E-state index is 0.103. The quantitative estimate of drug-likeness (QED) is 0.857. The number of rotatable bonds is 4. The number of hydrogen-bond donors (Lipinski definition) is 1. The average molecular weight is 356 g/mol. The van der Waals surface area contributed by atoms with Gasteiger partial charge in [0.2, 0.25) is 0 Å². The Morgan fingerprint density at radius 2 is 2.06 bits per heavy atom. The van der Waals surface area contributed by atoms with Gasteiger partial charge in [0, 0.05) is 0 Å². The van der Waals surface area contributed by atoms with Gasteiger partial charge in [-0.1, -0.05) is 25.1 Å². The van der Waals surface area contributed by atoms with E-state index in [9.17, 15) is 4.79 Å². The number of nitrogens with one attached hydrogen (secondary N) is 1. The van der Waals surface area contributed by atoms with Crippen molar-refractivity contribution in [2.24, 2.45) is 0 Å². The van der Waals surface area contributed by atoms with Gasteiger partial charge in [-0.2, -0.15) is 0 Å². The van der Waals surface area contributed by atoms with Crippen LogP contribution in [0.15, 0.2) is 35.1 Å². The van der Waals surface area contributed by atoms with Crippen molar-refractivity contribution >= 4 is 22.6 Å². The lowest BCUT2D eigenvalue weighted by atomic mass is 10.3. The minimum Gasteiger partial charge on any atom is -0.486 e. The number of H-pyrrole nitrogens is 1. The first-order chi connectivity index (χ1) is 8.70. The molecule has 2 aromatic rings. The third-order valence-corrected chi connectivity index (χ3v) is 3.55. The molecule has 0 unspecified atom stereocenters. The highest BCUT2D eigenvalue weighted by Gasteiger charge is 2.07. The number of para-hydroxylation sites is 1. The van der Waals surface area contributed by atoms with E-state index < -0.39 is 0 Å². The Balaban J connectivity index is 2.15. The van der Waals surface area contributed by atoms with E-state index in [0.29, 0.717) is 9.39 Å². The molecular weight excluding hydrogens is 343 g/mol. The normalized spacial score (nSPS) is 10.3. The van der Waals surface area contributed by atoms with Gasteiger partial charge in [0.15, 0.2) is 0 Å². The van der Waals surface area contributed by atoms with Crippen LogP contribution in [0.2, 0.25) is 0 Å². The van der Waals surface area contributed by atoms with E-state index in [1.54, 1.807) is 0 Å². The fraction of sp³-hybridized carbons (Fsp3) is 0.231. The SMILES string of the molecule is CCc1nc(COc2ccccc2)[nH]c(=O)c1I. The van der Waals surface area contributed by atoms with Gasteiger partial charge in [0.1, 0.15) is 18.2 Å². The molecule has 0 saturated carbocycles. The summed E-state index contributed by atoms with van der Waals surface area (Å²) in [6.07, 6.45) is 0.737. The van der Waals surface area contributed by atoms with Crippen LogP contribution in [0.3, 0.4) is 0 Å². The number of ether oxygens (including phenoxy) is 1. The van der Waals surface area contributed by atoms with Gasteiger partial charge in [-0.3, -0.25) is 4.79 Å². The summed E-state index contributed by atoms with van der Waals surface area (Å²) in [5.74, 6) is 1.32. The molecule has 0 amide bonds. The Labute approximate surface area is 119 Å². The lowest BCUT2D eigenvalue weighted by Crippen LogP contribution is -2.19. The maximum absolute atomic E-state index is 11.7. The monoisotopic (exact) mass is 356 g/mol. The number of aromatic nitrogens is 2. The highest BCUT2D eigenvalue weighted by atomic mass is 127. The van der Waals surface area contributed by atoms with Crippen LogP contribution in [0.1, 0.15) is 18.4 Å². The molecule has 94 valence electrons. The third kappa shape index (κ3) is 3.10. The van der Waals surface area contributed by atoms with Crippen LogP contribution in [0.25, 0.3) is 0 Å². The Morgan fingerprint density at radius 3 is 2.72 bits per heavy atom. The predicted molar refractivity (Wildman–Crippen MR) is 77.7 cm³/mol. The van der Waals surface area contributed by atoms with E-state index >= 15 is 0 Å². The highest BCUT2D eigenvalue weighted by molar-refractivity contribution is 14.1. The van der Waals surface area contributed by atoms with Gasteiger partial charge < -0.3 is 9.72 Å². The highest BCUT2D eigenvalue weighted by Crippen LogP contribution is 2.10. The van der Waals surface area contributed by atoms with Crippen molar-refractivity contribution in [3.63, 3.8) is 0 Å². The Hall–Kier alpha value is -1.37. The van der Waals surface area contributed by atoms with Crippen molar-refractivity contribution < 1.29 is 4.74 Å². The predicted octanol–water partition coefficient (Wildman–Crippen LogP) is 2.52. The van der Waals surface area contributed by atoms with Crippen LogP contribution in [-0.4, -0.2) is 9.97 Å². The van der Waals surface area contributed by atoms with Crippen LogP contribution in [0, 0.1) is 3.57 Å². The fourth-order valence-corrected chi connectivity index (χ4v) is 2.16. The van der Waals surface area contributed by atoms with E-state index in [4.69, 9.17) is 4.74 Å². The molecule has 0 radical (unpaired) electrons. The largest absolute Gasteiger partial charge is 0.486 e. The summed E-state index contributed by atoms with van der Waals surface area (Å²) in [5, 5.41) is 0. The summed E-state index contributed by atoms with van der Waals surface area (Å²) in [4.78, 5) is 18.8. The van der Waals surface area contributed by atoms with Gasteiger partial charge in [-0.25, -0.2) is 4.98 Å². The van der Waals surface area contributed by atoms with E-state index in [-0.39, 0.29) is 12.2 Å². The molecule has 5 heteroatoms. The van der Waals surface area contributed by atoms with Gasteiger partial charge in [-0.15, -0.1) is 0 Å². The molecular formula is C13H13IN2O2. The number of aryl methyl sites for hydroxylation is 1. The first-order valence-corrected chi connectivity index (χ1v) is 6.74. The maximum Gasteiger partial charge on any atom is 0.264 e. The molecule has 4 nitrogen and oxygen atoms in total. The molecule has 0 spiro atoms. The molecule has 0 saturated heterocycles. The Bertz CT molecular complexity index is 581. The molecule has 2 rings (SSSR count). The first kappa shape index (κ1) is 13.1. The summed E-state index contributed by atoms with van der Waals surface area (Å²) >= 11 is 2.01. The van der Waals surface area contributed by atoms with E-state index in [0.717, 1.165) is 17.9 Å². The molecule has 1 heterocycles. The number of benzene rings is 1. The standard InChI is InChI=1S/C13H13IN2O2/c1-2-10-12(14)13(17)16-11(15-10)8-18-9-6-4-3-5-7-9/h3-7H,2,8H2,1H3,(H,15,16,17). The van der Waals surface area contributed by atoms with Crippen molar-refractivity contribution in [3.05, 3.63) is 55.8 Å². The summed E-state index contributed by atoms with van der Waals surface area (Å²) in [6.45, 7) is 2.24. The van der Waals surface area contributed by atoms with Gasteiger partial charge >= 0.3 is 0 Å². The summed E-state index contributed by atoms with van der Waals surface area (Å²) in [5.41, 5.74) is 0.708. The molecule has 0 bridgehead atoms. The molecule has 1 N–H and O–H groups in total. The number of hydrogen-bond acceptors (Lipinski definition) is 3. The first-order valence-electron chi connectivity index (χ1n) is 5.66. The fourth-order valence-electron chi connectivity index (χ4n) is 1.53. The third-order valence-electron chi connectivity index (χ3n) is 2.43. The van der Waals surface area contributed by atoms with Crippen molar-refractivity contribution in [2.75, 3.05) is 0 Å². The second-order valence-corrected chi connectivity index (χ2v) is 4.81. The van der Waals surface area contributed by atoms with Crippen molar-refractivity contribution in [3.8, 4) is 5.75 Å². The van der Waals surface area contributed by atoms with E-state index in [2.05, 4.69) is 9.97 Å². The molecule has 0 aliphatic rings. The lowest BCUT2D eigenvalue weighted by Gasteiger charge is -2.07. The van der Waals surface area contributed by atoms with E-state index in [1.165, 1.54) is 0 Å². The van der Waals surface area contributed by atoms with E-state index in [1.807, 2.05) is 59.8 Å².